The molecule has 0 fully saturated rings. The summed E-state index contributed by atoms with van der Waals surface area (Å²) in [6, 6.07) is 0. The topological polar surface area (TPSA) is 84.1 Å². The van der Waals surface area contributed by atoms with Crippen molar-refractivity contribution in [3.8, 4) is 0 Å². The minimum atomic E-state index is -0.362. The number of nitrogens with zero attached hydrogens (tertiary/aromatic N) is 3. The zero-order valence-corrected chi connectivity index (χ0v) is 9.23. The summed E-state index contributed by atoms with van der Waals surface area (Å²) in [4.78, 5) is 21.1. The third-order valence-corrected chi connectivity index (χ3v) is 2.61. The Morgan fingerprint density at radius 3 is 3.19 bits per heavy atom. The van der Waals surface area contributed by atoms with E-state index in [-0.39, 0.29) is 12.5 Å². The molecule has 3 N–H and O–H groups in total. The summed E-state index contributed by atoms with van der Waals surface area (Å²) in [6.45, 7) is 1.85. The first-order chi connectivity index (χ1) is 7.68. The number of nitrogens with one attached hydrogen (secondary N) is 1. The molecule has 0 unspecified atom stereocenters. The maximum absolute atomic E-state index is 10.9. The average Bonchev–Trinajstić information content (AvgIpc) is 2.27. The number of amides is 1. The van der Waals surface area contributed by atoms with E-state index in [0.29, 0.717) is 0 Å². The number of carbonyl (C=O) groups is 1. The van der Waals surface area contributed by atoms with Gasteiger partial charge in [0.05, 0.1) is 12.2 Å². The fourth-order valence-electron chi connectivity index (χ4n) is 1.89. The monoisotopic (exact) mass is 221 g/mol. The maximum atomic E-state index is 10.9. The highest BCUT2D eigenvalue weighted by Crippen LogP contribution is 2.20. The molecule has 86 valence electrons. The quantitative estimate of drug-likeness (QED) is 0.687. The molecule has 0 aliphatic carbocycles. The van der Waals surface area contributed by atoms with Gasteiger partial charge in [-0.1, -0.05) is 0 Å². The summed E-state index contributed by atoms with van der Waals surface area (Å²) in [7, 11) is 1.81. The second-order valence-electron chi connectivity index (χ2n) is 3.87. The molecule has 0 saturated heterocycles. The molecule has 0 radical (unpaired) electrons. The maximum Gasteiger partial charge on any atom is 0.236 e. The lowest BCUT2D eigenvalue weighted by Crippen LogP contribution is -2.34. The highest BCUT2D eigenvalue weighted by atomic mass is 16.1. The number of aromatic nitrogens is 2. The van der Waals surface area contributed by atoms with E-state index < -0.39 is 0 Å². The number of nitrogens with two attached hydrogens (primary N) is 1. The SMILES string of the molecule is CN(CC(N)=O)c1ncnc2c1CNCC2. The average molecular weight is 221 g/mol. The van der Waals surface area contributed by atoms with Gasteiger partial charge in [0.15, 0.2) is 0 Å². The molecule has 2 heterocycles. The van der Waals surface area contributed by atoms with E-state index in [4.69, 9.17) is 5.73 Å². The molecule has 1 aromatic rings. The highest BCUT2D eigenvalue weighted by molar-refractivity contribution is 5.79. The Balaban J connectivity index is 2.29. The van der Waals surface area contributed by atoms with E-state index in [1.54, 1.807) is 4.90 Å². The van der Waals surface area contributed by atoms with Gasteiger partial charge in [-0.05, 0) is 0 Å². The molecule has 0 saturated carbocycles. The summed E-state index contributed by atoms with van der Waals surface area (Å²) in [5, 5.41) is 3.27. The van der Waals surface area contributed by atoms with Crippen LogP contribution in [0.25, 0.3) is 0 Å². The summed E-state index contributed by atoms with van der Waals surface area (Å²) in [5.74, 6) is 0.426. The van der Waals surface area contributed by atoms with Gasteiger partial charge in [0.25, 0.3) is 0 Å². The standard InChI is InChI=1S/C10H15N5O/c1-15(5-9(11)16)10-7-4-12-3-2-8(7)13-6-14-10/h6,12H,2-5H2,1H3,(H2,11,16). The van der Waals surface area contributed by atoms with Crippen molar-refractivity contribution in [2.75, 3.05) is 25.0 Å². The van der Waals surface area contributed by atoms with Crippen LogP contribution in [0, 0.1) is 0 Å². The number of fused-ring (bicyclic) bond motifs is 1. The van der Waals surface area contributed by atoms with Crippen molar-refractivity contribution >= 4 is 11.7 Å². The van der Waals surface area contributed by atoms with Crippen LogP contribution in [0.5, 0.6) is 0 Å². The Hall–Kier alpha value is -1.69. The molecule has 1 aromatic heterocycles. The van der Waals surface area contributed by atoms with Gasteiger partial charge in [0, 0.05) is 32.1 Å². The van der Waals surface area contributed by atoms with E-state index in [1.807, 2.05) is 7.05 Å². The van der Waals surface area contributed by atoms with Crippen LogP contribution in [0.2, 0.25) is 0 Å². The Morgan fingerprint density at radius 1 is 1.62 bits per heavy atom. The van der Waals surface area contributed by atoms with Gasteiger partial charge in [-0.15, -0.1) is 0 Å². The summed E-state index contributed by atoms with van der Waals surface area (Å²) in [6.07, 6.45) is 2.44. The van der Waals surface area contributed by atoms with Crippen molar-refractivity contribution in [2.45, 2.75) is 13.0 Å². The zero-order chi connectivity index (χ0) is 11.5. The third kappa shape index (κ3) is 2.11. The molecule has 0 bridgehead atoms. The lowest BCUT2D eigenvalue weighted by atomic mass is 10.1. The molecule has 6 heteroatoms. The molecule has 1 amide bonds. The number of likely N-dealkylation sites (N-methyl/N-ethyl adjacent to an activating group) is 1. The zero-order valence-electron chi connectivity index (χ0n) is 9.23. The van der Waals surface area contributed by atoms with Gasteiger partial charge in [0.1, 0.15) is 12.1 Å². The van der Waals surface area contributed by atoms with Gasteiger partial charge >= 0.3 is 0 Å². The van der Waals surface area contributed by atoms with Crippen LogP contribution in [-0.2, 0) is 17.8 Å². The van der Waals surface area contributed by atoms with Gasteiger partial charge in [-0.2, -0.15) is 0 Å². The van der Waals surface area contributed by atoms with E-state index >= 15 is 0 Å². The van der Waals surface area contributed by atoms with Crippen LogP contribution < -0.4 is 16.0 Å². The fraction of sp³-hybridized carbons (Fsp3) is 0.500. The molecule has 0 spiro atoms. The van der Waals surface area contributed by atoms with Crippen LogP contribution in [0.3, 0.4) is 0 Å². The number of carbonyl (C=O) groups excluding carboxylic acids is 1. The normalized spacial score (nSPS) is 14.3. The summed E-state index contributed by atoms with van der Waals surface area (Å²) < 4.78 is 0. The van der Waals surface area contributed by atoms with Crippen LogP contribution in [0.15, 0.2) is 6.33 Å². The first-order valence-electron chi connectivity index (χ1n) is 5.21. The van der Waals surface area contributed by atoms with Crippen LogP contribution >= 0.6 is 0 Å². The molecular weight excluding hydrogens is 206 g/mol. The summed E-state index contributed by atoms with van der Waals surface area (Å²) >= 11 is 0. The molecule has 6 nitrogen and oxygen atoms in total. The fourth-order valence-corrected chi connectivity index (χ4v) is 1.89. The van der Waals surface area contributed by atoms with Gasteiger partial charge in [0.2, 0.25) is 5.91 Å². The second kappa shape index (κ2) is 4.44. The number of hydrogen-bond acceptors (Lipinski definition) is 5. The highest BCUT2D eigenvalue weighted by Gasteiger charge is 2.18. The lowest BCUT2D eigenvalue weighted by Gasteiger charge is -2.23. The predicted molar refractivity (Wildman–Crippen MR) is 59.9 cm³/mol. The van der Waals surface area contributed by atoms with Crippen molar-refractivity contribution in [1.29, 1.82) is 0 Å². The molecule has 0 atom stereocenters. The Morgan fingerprint density at radius 2 is 2.44 bits per heavy atom. The first kappa shape index (κ1) is 10.8. The van der Waals surface area contributed by atoms with Crippen molar-refractivity contribution in [2.24, 2.45) is 5.73 Å². The third-order valence-electron chi connectivity index (χ3n) is 2.61. The van der Waals surface area contributed by atoms with E-state index in [0.717, 1.165) is 36.6 Å². The van der Waals surface area contributed by atoms with Crippen molar-refractivity contribution in [3.05, 3.63) is 17.6 Å². The molecule has 2 rings (SSSR count). The number of hydrogen-bond donors (Lipinski definition) is 2. The smallest absolute Gasteiger partial charge is 0.236 e. The number of anilines is 1. The molecular formula is C10H15N5O. The predicted octanol–water partition coefficient (Wildman–Crippen LogP) is -0.956. The molecule has 1 aliphatic rings. The first-order valence-corrected chi connectivity index (χ1v) is 5.21. The van der Waals surface area contributed by atoms with Crippen molar-refractivity contribution < 1.29 is 4.79 Å². The number of primary amides is 1. The van der Waals surface area contributed by atoms with Gasteiger partial charge in [-0.3, -0.25) is 4.79 Å². The van der Waals surface area contributed by atoms with E-state index in [1.165, 1.54) is 6.33 Å². The molecule has 0 aromatic carbocycles. The van der Waals surface area contributed by atoms with Crippen LogP contribution in [-0.4, -0.2) is 36.0 Å². The van der Waals surface area contributed by atoms with Gasteiger partial charge < -0.3 is 16.0 Å². The minimum absolute atomic E-state index is 0.170. The van der Waals surface area contributed by atoms with E-state index in [2.05, 4.69) is 15.3 Å². The second-order valence-corrected chi connectivity index (χ2v) is 3.87. The van der Waals surface area contributed by atoms with Crippen LogP contribution in [0.1, 0.15) is 11.3 Å². The Kier molecular flexibility index (Phi) is 3.00. The Bertz CT molecular complexity index is 406. The number of rotatable bonds is 3. The minimum Gasteiger partial charge on any atom is -0.368 e. The Labute approximate surface area is 93.9 Å². The largest absolute Gasteiger partial charge is 0.368 e. The van der Waals surface area contributed by atoms with E-state index in [9.17, 15) is 4.79 Å². The van der Waals surface area contributed by atoms with Crippen LogP contribution in [0.4, 0.5) is 5.82 Å². The summed E-state index contributed by atoms with van der Waals surface area (Å²) in [5.41, 5.74) is 7.29. The molecule has 16 heavy (non-hydrogen) atoms. The van der Waals surface area contributed by atoms with Crippen molar-refractivity contribution in [1.82, 2.24) is 15.3 Å². The lowest BCUT2D eigenvalue weighted by molar-refractivity contribution is -0.116. The van der Waals surface area contributed by atoms with Crippen molar-refractivity contribution in [3.63, 3.8) is 0 Å². The van der Waals surface area contributed by atoms with Gasteiger partial charge in [-0.25, -0.2) is 9.97 Å². The molecule has 1 aliphatic heterocycles.